The molecule has 0 saturated carbocycles. The first kappa shape index (κ1) is 37.5. The minimum Gasteiger partial charge on any atom is -0.479 e. The number of hydrogen-bond donors (Lipinski definition) is 6. The third-order valence-corrected chi connectivity index (χ3v) is 9.72. The lowest BCUT2D eigenvalue weighted by Crippen LogP contribution is -2.60. The van der Waals surface area contributed by atoms with Gasteiger partial charge in [-0.2, -0.15) is 0 Å². The van der Waals surface area contributed by atoms with E-state index in [2.05, 4.69) is 4.72 Å². The van der Waals surface area contributed by atoms with Gasteiger partial charge in [-0.25, -0.2) is 22.3 Å². The van der Waals surface area contributed by atoms with Gasteiger partial charge in [-0.3, -0.25) is 4.79 Å². The summed E-state index contributed by atoms with van der Waals surface area (Å²) in [7, 11) is -3.27. The van der Waals surface area contributed by atoms with Gasteiger partial charge in [0.25, 0.3) is 0 Å². The van der Waals surface area contributed by atoms with Crippen LogP contribution >= 0.6 is 0 Å². The predicted molar refractivity (Wildman–Crippen MR) is 177 cm³/mol. The van der Waals surface area contributed by atoms with Crippen LogP contribution in [0.2, 0.25) is 0 Å². The summed E-state index contributed by atoms with van der Waals surface area (Å²) in [6, 6.07) is 19.7. The van der Waals surface area contributed by atoms with Crippen molar-refractivity contribution in [3.05, 3.63) is 101 Å². The lowest BCUT2D eigenvalue weighted by atomic mass is 9.78. The van der Waals surface area contributed by atoms with Crippen molar-refractivity contribution in [2.24, 2.45) is 5.92 Å². The largest absolute Gasteiger partial charge is 0.479 e. The van der Waals surface area contributed by atoms with E-state index in [9.17, 15) is 47.9 Å². The van der Waals surface area contributed by atoms with E-state index < -0.39 is 64.5 Å². The number of hydrogen-bond acceptors (Lipinski definition) is 10. The number of anilines is 1. The molecule has 2 fully saturated rings. The number of β-lactam (4-membered cyclic amide) rings is 1. The second kappa shape index (κ2) is 16.0. The fourth-order valence-corrected chi connectivity index (χ4v) is 6.76. The summed E-state index contributed by atoms with van der Waals surface area (Å²) in [5.74, 6) is -2.53. The van der Waals surface area contributed by atoms with Crippen molar-refractivity contribution in [1.82, 2.24) is 4.72 Å². The van der Waals surface area contributed by atoms with Crippen molar-refractivity contribution in [3.63, 3.8) is 0 Å². The van der Waals surface area contributed by atoms with Gasteiger partial charge in [0.15, 0.2) is 12.4 Å². The van der Waals surface area contributed by atoms with E-state index in [-0.39, 0.29) is 25.0 Å². The molecule has 1 amide bonds. The van der Waals surface area contributed by atoms with Crippen LogP contribution in [0.5, 0.6) is 0 Å². The zero-order valence-electron chi connectivity index (χ0n) is 27.2. The van der Waals surface area contributed by atoms with Crippen LogP contribution in [0, 0.1) is 11.7 Å². The Hall–Kier alpha value is -3.80. The average molecular weight is 717 g/mol. The first-order valence-electron chi connectivity index (χ1n) is 16.2. The molecule has 0 aromatic heterocycles. The summed E-state index contributed by atoms with van der Waals surface area (Å²) in [6.07, 6.45) is -6.54. The van der Waals surface area contributed by atoms with Gasteiger partial charge in [0.1, 0.15) is 24.1 Å². The number of carboxylic acid groups (broad SMARTS) is 1. The topological polar surface area (TPSA) is 203 Å². The van der Waals surface area contributed by atoms with Crippen LogP contribution in [0.4, 0.5) is 10.1 Å². The third-order valence-electron chi connectivity index (χ3n) is 8.99. The van der Waals surface area contributed by atoms with Crippen LogP contribution in [-0.4, -0.2) is 89.3 Å². The summed E-state index contributed by atoms with van der Waals surface area (Å²) in [6.45, 7) is 0.181. The number of carbonyl (C=O) groups excluding carboxylic acids is 1. The number of carbonyl (C=O) groups is 2. The highest BCUT2D eigenvalue weighted by Gasteiger charge is 2.49. The van der Waals surface area contributed by atoms with Crippen molar-refractivity contribution < 1.29 is 57.4 Å². The molecule has 5 rings (SSSR count). The molecule has 2 saturated heterocycles. The van der Waals surface area contributed by atoms with Gasteiger partial charge in [-0.05, 0) is 72.2 Å². The molecular weight excluding hydrogens is 675 g/mol. The molecule has 2 aliphatic heterocycles. The SMILES string of the molecule is CS(=O)(=O)NCCCc1ccc(N2C(=O)[C@H](CC[C@H](O)c3ccc(F)cc3)[C@H]2c2ccc(CO[C@@H]3O[C@H](C(=O)O)[C@@H](O)[C@H](O)[C@H]3O)cc2)cc1. The highest BCUT2D eigenvalue weighted by molar-refractivity contribution is 7.88. The van der Waals surface area contributed by atoms with Gasteiger partial charge in [0, 0.05) is 12.2 Å². The van der Waals surface area contributed by atoms with E-state index in [4.69, 9.17) is 9.47 Å². The molecule has 3 aromatic rings. The van der Waals surface area contributed by atoms with Gasteiger partial charge < -0.3 is 39.9 Å². The second-order valence-electron chi connectivity index (χ2n) is 12.6. The Morgan fingerprint density at radius 1 is 0.960 bits per heavy atom. The van der Waals surface area contributed by atoms with Crippen LogP contribution < -0.4 is 9.62 Å². The molecule has 2 aliphatic rings. The van der Waals surface area contributed by atoms with E-state index in [1.807, 2.05) is 36.4 Å². The number of halogens is 1. The smallest absolute Gasteiger partial charge is 0.335 e. The molecule has 8 atom stereocenters. The number of carboxylic acids is 1. The highest BCUT2D eigenvalue weighted by Crippen LogP contribution is 2.46. The molecule has 50 heavy (non-hydrogen) atoms. The van der Waals surface area contributed by atoms with Gasteiger partial charge >= 0.3 is 5.97 Å². The van der Waals surface area contributed by atoms with Crippen molar-refractivity contribution in [2.75, 3.05) is 17.7 Å². The van der Waals surface area contributed by atoms with Gasteiger partial charge in [-0.15, -0.1) is 0 Å². The van der Waals surface area contributed by atoms with Crippen LogP contribution in [-0.2, 0) is 42.1 Å². The van der Waals surface area contributed by atoms with Crippen molar-refractivity contribution >= 4 is 27.6 Å². The summed E-state index contributed by atoms with van der Waals surface area (Å²) in [4.78, 5) is 26.7. The normalized spacial score (nSPS) is 26.0. The maximum atomic E-state index is 13.6. The molecule has 2 heterocycles. The molecule has 0 spiro atoms. The first-order chi connectivity index (χ1) is 23.7. The van der Waals surface area contributed by atoms with E-state index in [1.54, 1.807) is 17.0 Å². The molecule has 0 unspecified atom stereocenters. The predicted octanol–water partition coefficient (Wildman–Crippen LogP) is 1.93. The van der Waals surface area contributed by atoms with Gasteiger partial charge in [0.05, 0.1) is 30.9 Å². The number of benzene rings is 3. The molecule has 3 aromatic carbocycles. The van der Waals surface area contributed by atoms with Gasteiger partial charge in [0.2, 0.25) is 15.9 Å². The minimum absolute atomic E-state index is 0.126. The average Bonchev–Trinajstić information content (AvgIpc) is 3.08. The van der Waals surface area contributed by atoms with Gasteiger partial charge in [-0.1, -0.05) is 48.5 Å². The molecule has 13 nitrogen and oxygen atoms in total. The third kappa shape index (κ3) is 8.91. The summed E-state index contributed by atoms with van der Waals surface area (Å²) >= 11 is 0. The number of nitrogens with one attached hydrogen (secondary N) is 1. The molecule has 0 aliphatic carbocycles. The number of ether oxygens (including phenoxy) is 2. The quantitative estimate of drug-likeness (QED) is 0.0991. The van der Waals surface area contributed by atoms with Crippen LogP contribution in [0.3, 0.4) is 0 Å². The Labute approximate surface area is 288 Å². The Bertz CT molecular complexity index is 1720. The molecule has 0 bridgehead atoms. The van der Waals surface area contributed by atoms with Crippen LogP contribution in [0.25, 0.3) is 0 Å². The van der Waals surface area contributed by atoms with Crippen LogP contribution in [0.15, 0.2) is 72.8 Å². The molecule has 6 N–H and O–H groups in total. The lowest BCUT2D eigenvalue weighted by molar-refractivity contribution is -0.297. The minimum atomic E-state index is -3.27. The Balaban J connectivity index is 1.29. The lowest BCUT2D eigenvalue weighted by Gasteiger charge is -2.48. The fourth-order valence-electron chi connectivity index (χ4n) is 6.24. The molecular formula is C35H41FN2O11S. The zero-order chi connectivity index (χ0) is 36.2. The Kier molecular flexibility index (Phi) is 12.0. The van der Waals surface area contributed by atoms with E-state index >= 15 is 0 Å². The number of aryl methyl sites for hydroxylation is 1. The van der Waals surface area contributed by atoms with E-state index in [1.165, 1.54) is 24.3 Å². The Morgan fingerprint density at radius 3 is 2.22 bits per heavy atom. The highest BCUT2D eigenvalue weighted by atomic mass is 32.2. The van der Waals surface area contributed by atoms with E-state index in [0.29, 0.717) is 42.6 Å². The van der Waals surface area contributed by atoms with Crippen LogP contribution in [0.1, 0.15) is 53.7 Å². The monoisotopic (exact) mass is 716 g/mol. The summed E-state index contributed by atoms with van der Waals surface area (Å²) in [5, 5.41) is 50.3. The zero-order valence-corrected chi connectivity index (χ0v) is 28.0. The second-order valence-corrected chi connectivity index (χ2v) is 14.5. The van der Waals surface area contributed by atoms with Crippen molar-refractivity contribution in [3.8, 4) is 0 Å². The summed E-state index contributed by atoms with van der Waals surface area (Å²) in [5.41, 5.74) is 3.59. The van der Waals surface area contributed by atoms with Crippen molar-refractivity contribution in [1.29, 1.82) is 0 Å². The molecule has 270 valence electrons. The van der Waals surface area contributed by atoms with E-state index in [0.717, 1.165) is 17.4 Å². The number of aliphatic hydroxyl groups is 4. The Morgan fingerprint density at radius 2 is 1.60 bits per heavy atom. The summed E-state index contributed by atoms with van der Waals surface area (Å²) < 4.78 is 49.3. The number of nitrogens with zero attached hydrogens (tertiary/aromatic N) is 1. The number of sulfonamides is 1. The number of aliphatic carboxylic acids is 1. The molecule has 0 radical (unpaired) electrons. The fraction of sp³-hybridized carbons (Fsp3) is 0.429. The maximum absolute atomic E-state index is 13.6. The number of amides is 1. The van der Waals surface area contributed by atoms with Crippen molar-refractivity contribution in [2.45, 2.75) is 75.1 Å². The standard InChI is InChI=1S/C35H41FN2O11S/c1-50(46,47)37-18-2-3-20-6-14-25(15-7-20)38-28(26(33(38)43)16-17-27(39)22-10-12-24(36)13-11-22)23-8-4-21(5-9-23)19-48-35-31(42)29(40)30(41)32(49-35)34(44)45/h4-15,26-32,35,37,39-42H,2-3,16-19H2,1H3,(H,44,45)/t26-,27+,28-,29+,30+,31-,32+,35-/m1/s1. The molecule has 15 heteroatoms. The number of rotatable bonds is 15. The maximum Gasteiger partial charge on any atom is 0.335 e. The number of aliphatic hydroxyl groups excluding tert-OH is 4. The first-order valence-corrected chi connectivity index (χ1v) is 18.1.